The molecule has 0 aliphatic carbocycles. The lowest BCUT2D eigenvalue weighted by molar-refractivity contribution is 0.489. The minimum absolute atomic E-state index is 0.305. The summed E-state index contributed by atoms with van der Waals surface area (Å²) in [4.78, 5) is 6.90. The highest BCUT2D eigenvalue weighted by molar-refractivity contribution is 8.01. The number of rotatable bonds is 6. The number of fused-ring (bicyclic) bond motifs is 1. The van der Waals surface area contributed by atoms with Crippen LogP contribution in [0, 0.1) is 12.1 Å². The molecule has 1 aromatic carbocycles. The standard InChI is InChI=1S/C20H15FN2S3/c21-9-5-11-25-20-18(22)17-14(13-6-2-1-3-7-13)12-15(23-19(17)26-20)16-8-4-10-24-16/h2,4,6-8,10,12H,5,9,11,22H2. The zero-order valence-electron chi connectivity index (χ0n) is 13.8. The van der Waals surface area contributed by atoms with Gasteiger partial charge in [-0.3, -0.25) is 4.39 Å². The smallest absolute Gasteiger partial charge is 0.127 e. The highest BCUT2D eigenvalue weighted by Gasteiger charge is 2.18. The number of alkyl halides is 1. The van der Waals surface area contributed by atoms with Crippen LogP contribution in [0.3, 0.4) is 0 Å². The Bertz CT molecular complexity index is 1010. The number of pyridine rings is 1. The molecule has 6 heteroatoms. The van der Waals surface area contributed by atoms with Crippen molar-refractivity contribution in [2.75, 3.05) is 18.2 Å². The van der Waals surface area contributed by atoms with Crippen LogP contribution < -0.4 is 5.73 Å². The molecule has 2 N–H and O–H groups in total. The minimum Gasteiger partial charge on any atom is -0.397 e. The molecule has 3 aromatic heterocycles. The van der Waals surface area contributed by atoms with Crippen molar-refractivity contribution >= 4 is 50.3 Å². The van der Waals surface area contributed by atoms with Gasteiger partial charge in [0, 0.05) is 11.1 Å². The Morgan fingerprint density at radius 1 is 1.27 bits per heavy atom. The molecule has 0 spiro atoms. The Morgan fingerprint density at radius 2 is 2.19 bits per heavy atom. The number of nitrogens with two attached hydrogens (primary N) is 1. The predicted molar refractivity (Wildman–Crippen MR) is 112 cm³/mol. The Labute approximate surface area is 163 Å². The monoisotopic (exact) mass is 398 g/mol. The molecule has 0 radical (unpaired) electrons. The van der Waals surface area contributed by atoms with Crippen molar-refractivity contribution in [2.24, 2.45) is 0 Å². The van der Waals surface area contributed by atoms with Crippen LogP contribution in [0.25, 0.3) is 31.9 Å². The fraction of sp³-hybridized carbons (Fsp3) is 0.150. The van der Waals surface area contributed by atoms with Crippen LogP contribution in [-0.4, -0.2) is 17.4 Å². The first-order valence-corrected chi connectivity index (χ1v) is 10.8. The first kappa shape index (κ1) is 17.3. The van der Waals surface area contributed by atoms with Gasteiger partial charge < -0.3 is 5.73 Å². The Kier molecular flexibility index (Phi) is 5.11. The van der Waals surface area contributed by atoms with Crippen LogP contribution in [0.1, 0.15) is 6.42 Å². The second-order valence-corrected chi connectivity index (χ2v) is 8.94. The van der Waals surface area contributed by atoms with Crippen molar-refractivity contribution in [3.05, 3.63) is 53.9 Å². The van der Waals surface area contributed by atoms with Gasteiger partial charge in [-0.1, -0.05) is 18.2 Å². The predicted octanol–water partition coefficient (Wildman–Crippen LogP) is 6.33. The van der Waals surface area contributed by atoms with E-state index in [4.69, 9.17) is 10.7 Å². The van der Waals surface area contributed by atoms with E-state index in [-0.39, 0.29) is 6.67 Å². The van der Waals surface area contributed by atoms with Crippen LogP contribution in [-0.2, 0) is 0 Å². The molecule has 0 saturated carbocycles. The number of anilines is 1. The zero-order valence-corrected chi connectivity index (χ0v) is 16.2. The van der Waals surface area contributed by atoms with Gasteiger partial charge in [0.15, 0.2) is 0 Å². The highest BCUT2D eigenvalue weighted by Crippen LogP contribution is 2.45. The first-order chi connectivity index (χ1) is 12.8. The summed E-state index contributed by atoms with van der Waals surface area (Å²) in [6.07, 6.45) is 0.530. The molecule has 0 unspecified atom stereocenters. The van der Waals surface area contributed by atoms with Crippen molar-refractivity contribution in [3.63, 3.8) is 0 Å². The Balaban J connectivity index is 1.90. The quantitative estimate of drug-likeness (QED) is 0.305. The maximum absolute atomic E-state index is 12.4. The molecule has 4 rings (SSSR count). The molecule has 26 heavy (non-hydrogen) atoms. The normalized spacial score (nSPS) is 11.0. The number of hydrogen-bond donors (Lipinski definition) is 1. The zero-order chi connectivity index (χ0) is 17.9. The van der Waals surface area contributed by atoms with Crippen LogP contribution in [0.15, 0.2) is 46.0 Å². The number of nitrogens with zero attached hydrogens (tertiary/aromatic N) is 1. The Hall–Kier alpha value is -2.07. The fourth-order valence-corrected chi connectivity index (χ4v) is 5.68. The van der Waals surface area contributed by atoms with Crippen molar-refractivity contribution < 1.29 is 4.39 Å². The second kappa shape index (κ2) is 7.67. The third-order valence-corrected chi connectivity index (χ3v) is 7.28. The summed E-state index contributed by atoms with van der Waals surface area (Å²) in [5.41, 5.74) is 10.2. The molecular formula is C20H15FN2S3. The number of aromatic nitrogens is 1. The van der Waals surface area contributed by atoms with E-state index in [2.05, 4.69) is 24.3 Å². The van der Waals surface area contributed by atoms with Gasteiger partial charge in [0.1, 0.15) is 4.83 Å². The van der Waals surface area contributed by atoms with E-state index in [0.29, 0.717) is 12.2 Å². The molecule has 130 valence electrons. The number of halogens is 1. The summed E-state index contributed by atoms with van der Waals surface area (Å²) in [7, 11) is 0. The van der Waals surface area contributed by atoms with E-state index >= 15 is 0 Å². The van der Waals surface area contributed by atoms with Gasteiger partial charge in [0.25, 0.3) is 0 Å². The maximum Gasteiger partial charge on any atom is 0.127 e. The molecule has 0 fully saturated rings. The number of hydrogen-bond acceptors (Lipinski definition) is 5. The molecule has 0 saturated heterocycles. The van der Waals surface area contributed by atoms with Gasteiger partial charge in [-0.15, -0.1) is 34.4 Å². The maximum atomic E-state index is 12.4. The van der Waals surface area contributed by atoms with Crippen LogP contribution >= 0.6 is 34.4 Å². The van der Waals surface area contributed by atoms with E-state index in [1.165, 1.54) is 0 Å². The summed E-state index contributed by atoms with van der Waals surface area (Å²) >= 11 is 4.86. The average Bonchev–Trinajstić information content (AvgIpc) is 3.31. The van der Waals surface area contributed by atoms with E-state index < -0.39 is 0 Å². The second-order valence-electron chi connectivity index (χ2n) is 5.63. The summed E-state index contributed by atoms with van der Waals surface area (Å²) in [5.74, 6) is 0.717. The third-order valence-electron chi connectivity index (χ3n) is 3.92. The average molecular weight is 399 g/mol. The van der Waals surface area contributed by atoms with E-state index in [1.807, 2.05) is 29.6 Å². The molecule has 3 heterocycles. The van der Waals surface area contributed by atoms with Crippen molar-refractivity contribution in [1.82, 2.24) is 4.98 Å². The SMILES string of the molecule is Nc1c(SCCCF)sc2nc(-c3cccs3)cc(-c3cc#ccc3)c12. The molecule has 0 amide bonds. The van der Waals surface area contributed by atoms with E-state index in [9.17, 15) is 4.39 Å². The van der Waals surface area contributed by atoms with Crippen molar-refractivity contribution in [3.8, 4) is 21.7 Å². The lowest BCUT2D eigenvalue weighted by Gasteiger charge is -2.07. The molecule has 2 nitrogen and oxygen atoms in total. The number of nitrogen functional groups attached to an aromatic ring is 1. The van der Waals surface area contributed by atoms with Gasteiger partial charge in [0.05, 0.1) is 27.1 Å². The van der Waals surface area contributed by atoms with Gasteiger partial charge in [-0.2, -0.15) is 0 Å². The van der Waals surface area contributed by atoms with Gasteiger partial charge in [-0.05, 0) is 53.3 Å². The molecular weight excluding hydrogens is 383 g/mol. The topological polar surface area (TPSA) is 38.9 Å². The van der Waals surface area contributed by atoms with Crippen LogP contribution in [0.2, 0.25) is 0 Å². The number of thioether (sulfide) groups is 1. The third kappa shape index (κ3) is 3.30. The van der Waals surface area contributed by atoms with E-state index in [0.717, 1.165) is 41.8 Å². The summed E-state index contributed by atoms with van der Waals surface area (Å²) in [6, 6.07) is 17.9. The molecule has 0 bridgehead atoms. The Morgan fingerprint density at radius 3 is 2.92 bits per heavy atom. The molecule has 0 atom stereocenters. The van der Waals surface area contributed by atoms with Crippen molar-refractivity contribution in [2.45, 2.75) is 10.6 Å². The van der Waals surface area contributed by atoms with Crippen LogP contribution in [0.5, 0.6) is 0 Å². The summed E-state index contributed by atoms with van der Waals surface area (Å²) in [5, 5.41) is 3.02. The molecule has 0 aliphatic rings. The van der Waals surface area contributed by atoms with Gasteiger partial charge in [-0.25, -0.2) is 4.98 Å². The lowest BCUT2D eigenvalue weighted by Crippen LogP contribution is -1.90. The van der Waals surface area contributed by atoms with Crippen molar-refractivity contribution in [1.29, 1.82) is 0 Å². The highest BCUT2D eigenvalue weighted by atomic mass is 32.2. The van der Waals surface area contributed by atoms with Gasteiger partial charge >= 0.3 is 0 Å². The minimum atomic E-state index is -0.305. The molecule has 4 aromatic rings. The molecule has 0 aliphatic heterocycles. The first-order valence-electron chi connectivity index (χ1n) is 8.11. The van der Waals surface area contributed by atoms with Gasteiger partial charge in [0.2, 0.25) is 0 Å². The number of thiophene rings is 2. The van der Waals surface area contributed by atoms with Crippen LogP contribution in [0.4, 0.5) is 10.1 Å². The van der Waals surface area contributed by atoms with E-state index in [1.54, 1.807) is 34.4 Å². The summed E-state index contributed by atoms with van der Waals surface area (Å²) in [6.45, 7) is -0.305. The fourth-order valence-electron chi connectivity index (χ4n) is 2.72. The largest absolute Gasteiger partial charge is 0.397 e. The summed E-state index contributed by atoms with van der Waals surface area (Å²) < 4.78 is 13.4. The lowest BCUT2D eigenvalue weighted by atomic mass is 10.0.